The van der Waals surface area contributed by atoms with Crippen LogP contribution in [0.1, 0.15) is 66.7 Å². The molecule has 0 aliphatic carbocycles. The number of benzene rings is 1. The van der Waals surface area contributed by atoms with Crippen molar-refractivity contribution in [3.05, 3.63) is 46.9 Å². The first-order chi connectivity index (χ1) is 17.4. The number of ether oxygens (including phenoxy) is 1. The first kappa shape index (κ1) is 24.3. The molecule has 0 N–H and O–H groups in total. The van der Waals surface area contributed by atoms with Crippen LogP contribution in [0.4, 0.5) is 16.0 Å². The van der Waals surface area contributed by atoms with Crippen molar-refractivity contribution in [2.45, 2.75) is 52.0 Å². The van der Waals surface area contributed by atoms with Crippen LogP contribution in [0.15, 0.2) is 24.3 Å². The maximum Gasteiger partial charge on any atom is 0.257 e. The fraction of sp³-hybridized carbons (Fsp3) is 0.519. The molecule has 0 saturated carbocycles. The van der Waals surface area contributed by atoms with E-state index >= 15 is 4.39 Å². The van der Waals surface area contributed by atoms with Gasteiger partial charge < -0.3 is 19.4 Å². The molecular weight excluding hydrogens is 459 g/mol. The number of aromatic nitrogens is 3. The molecule has 4 heterocycles. The number of hydrogen-bond donors (Lipinski definition) is 0. The summed E-state index contributed by atoms with van der Waals surface area (Å²) in [5, 5.41) is 4.82. The third-order valence-corrected chi connectivity index (χ3v) is 7.32. The minimum atomic E-state index is -0.345. The van der Waals surface area contributed by atoms with Gasteiger partial charge in [0.25, 0.3) is 5.91 Å². The number of carbonyl (C=O) groups is 1. The second-order valence-electron chi connectivity index (χ2n) is 9.92. The Morgan fingerprint density at radius 3 is 2.58 bits per heavy atom. The molecule has 2 bridgehead atoms. The van der Waals surface area contributed by atoms with Crippen LogP contribution >= 0.6 is 0 Å². The molecule has 1 aromatic carbocycles. The van der Waals surface area contributed by atoms with Crippen molar-refractivity contribution >= 4 is 23.2 Å². The predicted octanol–water partition coefficient (Wildman–Crippen LogP) is 4.61. The number of hydrogen-bond acceptors (Lipinski definition) is 6. The molecule has 2 aliphatic rings. The van der Waals surface area contributed by atoms with E-state index in [4.69, 9.17) is 14.8 Å². The maximum absolute atomic E-state index is 16.0. The van der Waals surface area contributed by atoms with Gasteiger partial charge in [0.2, 0.25) is 5.82 Å². The smallest absolute Gasteiger partial charge is 0.257 e. The minimum Gasteiger partial charge on any atom is -0.493 e. The molecule has 1 amide bonds. The first-order valence-electron chi connectivity index (χ1n) is 12.9. The molecule has 8 nitrogen and oxygen atoms in total. The van der Waals surface area contributed by atoms with Crippen molar-refractivity contribution in [2.75, 3.05) is 50.1 Å². The van der Waals surface area contributed by atoms with Crippen molar-refractivity contribution in [1.29, 1.82) is 0 Å². The highest BCUT2D eigenvalue weighted by Gasteiger charge is 2.30. The van der Waals surface area contributed by atoms with Gasteiger partial charge in [-0.05, 0) is 51.2 Å². The van der Waals surface area contributed by atoms with E-state index < -0.39 is 0 Å². The SMILES string of the molecule is CCC1c2cc3nc(N4CCCC4)c(F)c(n3n2)N(C)CCCCOc2ccc(C)cc2C(=O)N1C. The lowest BCUT2D eigenvalue weighted by Gasteiger charge is -2.27. The van der Waals surface area contributed by atoms with Crippen molar-refractivity contribution in [1.82, 2.24) is 19.5 Å². The van der Waals surface area contributed by atoms with E-state index in [0.29, 0.717) is 53.9 Å². The van der Waals surface area contributed by atoms with Gasteiger partial charge in [-0.25, -0.2) is 4.98 Å². The zero-order valence-corrected chi connectivity index (χ0v) is 21.6. The van der Waals surface area contributed by atoms with Gasteiger partial charge in [0.05, 0.1) is 23.9 Å². The predicted molar refractivity (Wildman–Crippen MR) is 139 cm³/mol. The molecule has 1 atom stereocenters. The monoisotopic (exact) mass is 494 g/mol. The molecule has 3 aromatic rings. The third-order valence-electron chi connectivity index (χ3n) is 7.32. The number of amides is 1. The topological polar surface area (TPSA) is 66.2 Å². The van der Waals surface area contributed by atoms with Crippen LogP contribution in [0.25, 0.3) is 5.65 Å². The average molecular weight is 495 g/mol. The van der Waals surface area contributed by atoms with Gasteiger partial charge >= 0.3 is 0 Å². The van der Waals surface area contributed by atoms with Crippen LogP contribution in [0.2, 0.25) is 0 Å². The average Bonchev–Trinajstić information content (AvgIpc) is 3.53. The van der Waals surface area contributed by atoms with Crippen LogP contribution < -0.4 is 14.5 Å². The molecule has 5 rings (SSSR count). The van der Waals surface area contributed by atoms with Gasteiger partial charge in [0, 0.05) is 39.8 Å². The molecule has 1 saturated heterocycles. The van der Waals surface area contributed by atoms with E-state index in [2.05, 4.69) is 0 Å². The second kappa shape index (κ2) is 9.95. The fourth-order valence-electron chi connectivity index (χ4n) is 5.29. The number of anilines is 2. The Bertz CT molecular complexity index is 1270. The van der Waals surface area contributed by atoms with E-state index in [1.807, 2.05) is 55.0 Å². The summed E-state index contributed by atoms with van der Waals surface area (Å²) >= 11 is 0. The Hall–Kier alpha value is -3.36. The summed E-state index contributed by atoms with van der Waals surface area (Å²) in [6, 6.07) is 7.31. The van der Waals surface area contributed by atoms with Gasteiger partial charge in [0.1, 0.15) is 5.75 Å². The van der Waals surface area contributed by atoms with E-state index in [-0.39, 0.29) is 17.8 Å². The van der Waals surface area contributed by atoms with Crippen molar-refractivity contribution in [3.8, 4) is 5.75 Å². The number of fused-ring (bicyclic) bond motifs is 2. The summed E-state index contributed by atoms with van der Waals surface area (Å²) in [7, 11) is 3.69. The van der Waals surface area contributed by atoms with E-state index in [0.717, 1.165) is 44.3 Å². The summed E-state index contributed by atoms with van der Waals surface area (Å²) in [4.78, 5) is 24.1. The minimum absolute atomic E-state index is 0.123. The van der Waals surface area contributed by atoms with E-state index in [1.165, 1.54) is 0 Å². The maximum atomic E-state index is 16.0. The second-order valence-corrected chi connectivity index (χ2v) is 9.92. The van der Waals surface area contributed by atoms with Crippen molar-refractivity contribution in [3.63, 3.8) is 0 Å². The van der Waals surface area contributed by atoms with E-state index in [1.54, 1.807) is 16.5 Å². The van der Waals surface area contributed by atoms with Gasteiger partial charge in [-0.15, -0.1) is 0 Å². The zero-order valence-electron chi connectivity index (χ0n) is 21.6. The summed E-state index contributed by atoms with van der Waals surface area (Å²) < 4.78 is 23.7. The Balaban J connectivity index is 1.64. The molecule has 2 aromatic heterocycles. The Kier molecular flexibility index (Phi) is 6.73. The summed E-state index contributed by atoms with van der Waals surface area (Å²) in [6.45, 7) is 6.72. The van der Waals surface area contributed by atoms with Crippen LogP contribution in [0.5, 0.6) is 5.75 Å². The molecule has 0 spiro atoms. The molecule has 2 aliphatic heterocycles. The molecule has 1 fully saturated rings. The largest absolute Gasteiger partial charge is 0.493 e. The first-order valence-corrected chi connectivity index (χ1v) is 12.9. The highest BCUT2D eigenvalue weighted by atomic mass is 19.1. The van der Waals surface area contributed by atoms with E-state index in [9.17, 15) is 4.79 Å². The summed E-state index contributed by atoms with van der Waals surface area (Å²) in [5.74, 6) is 0.921. The van der Waals surface area contributed by atoms with Crippen LogP contribution in [0, 0.1) is 12.7 Å². The van der Waals surface area contributed by atoms with Crippen molar-refractivity contribution in [2.24, 2.45) is 0 Å². The quantitative estimate of drug-likeness (QED) is 0.519. The van der Waals surface area contributed by atoms with Gasteiger partial charge in [-0.2, -0.15) is 14.0 Å². The van der Waals surface area contributed by atoms with Gasteiger partial charge in [-0.3, -0.25) is 4.79 Å². The molecule has 1 unspecified atom stereocenters. The number of nitrogens with zero attached hydrogens (tertiary/aromatic N) is 6. The summed E-state index contributed by atoms with van der Waals surface area (Å²) in [6.07, 6.45) is 4.31. The molecule has 0 radical (unpaired) electrons. The lowest BCUT2D eigenvalue weighted by molar-refractivity contribution is 0.0718. The standard InChI is InChI=1S/C27H35FN6O2/c1-5-21-20-17-23-29-25(33-13-6-7-14-33)24(28)26(34(23)30-20)31(3)12-8-9-15-36-22-11-10-18(2)16-19(22)27(35)32(21)4/h10-11,16-17,21H,5-9,12-15H2,1-4H3. The Morgan fingerprint density at radius 1 is 1.08 bits per heavy atom. The fourth-order valence-corrected chi connectivity index (χ4v) is 5.29. The number of rotatable bonds is 2. The normalized spacial score (nSPS) is 19.4. The lowest BCUT2D eigenvalue weighted by atomic mass is 10.1. The highest BCUT2D eigenvalue weighted by Crippen LogP contribution is 2.33. The van der Waals surface area contributed by atoms with Crippen LogP contribution in [0.3, 0.4) is 0 Å². The van der Waals surface area contributed by atoms with Crippen molar-refractivity contribution < 1.29 is 13.9 Å². The van der Waals surface area contributed by atoms with Gasteiger partial charge in [0.15, 0.2) is 17.3 Å². The molecule has 192 valence electrons. The number of carbonyl (C=O) groups excluding carboxylic acids is 1. The zero-order chi connectivity index (χ0) is 25.4. The number of halogens is 1. The lowest BCUT2D eigenvalue weighted by Crippen LogP contribution is -2.31. The van der Waals surface area contributed by atoms with Crippen LogP contribution in [-0.2, 0) is 0 Å². The van der Waals surface area contributed by atoms with Gasteiger partial charge in [-0.1, -0.05) is 18.6 Å². The molecule has 36 heavy (non-hydrogen) atoms. The Labute approximate surface area is 211 Å². The third kappa shape index (κ3) is 4.35. The molecular formula is C27H35FN6O2. The van der Waals surface area contributed by atoms with Crippen LogP contribution in [-0.4, -0.2) is 65.7 Å². The Morgan fingerprint density at radius 2 is 1.83 bits per heavy atom. The summed E-state index contributed by atoms with van der Waals surface area (Å²) in [5.41, 5.74) is 2.84. The highest BCUT2D eigenvalue weighted by molar-refractivity contribution is 5.97. The molecule has 9 heteroatoms. The number of aryl methyl sites for hydroxylation is 1.